The number of aryl methyl sites for hydroxylation is 1. The molecular weight excluding hydrogens is 562 g/mol. The van der Waals surface area contributed by atoms with Gasteiger partial charge in [0.1, 0.15) is 35.4 Å². The number of carbonyl (C=O) groups excluding carboxylic acids is 1. The van der Waals surface area contributed by atoms with Crippen molar-refractivity contribution in [1.29, 1.82) is 0 Å². The highest BCUT2D eigenvalue weighted by molar-refractivity contribution is 7.18. The number of thiophene rings is 1. The summed E-state index contributed by atoms with van der Waals surface area (Å²) >= 11 is 1.38. The van der Waals surface area contributed by atoms with Gasteiger partial charge in [0.2, 0.25) is 5.91 Å². The number of ether oxygens (including phenoxy) is 1. The standard InChI is InChI=1S/C30H26F2N6O3S/c1-4-25(40)37-15-20-12-23(36-38(20)14-17(37)3)29-27(26-22(32)10-19(31)11-24(26)41-7-6-39)30-21(5-8-42-30)28(34-29)18-9-16(2)35-33-13-18/h4-5,8-13,17,39H,1,6-7,14-15H2,2-3H3/t17-/m1/s1. The summed E-state index contributed by atoms with van der Waals surface area (Å²) in [7, 11) is 0. The second-order valence-corrected chi connectivity index (χ2v) is 10.9. The number of pyridine rings is 1. The van der Waals surface area contributed by atoms with Crippen molar-refractivity contribution in [3.05, 3.63) is 77.6 Å². The molecule has 214 valence electrons. The summed E-state index contributed by atoms with van der Waals surface area (Å²) in [6.07, 6.45) is 2.90. The quantitative estimate of drug-likeness (QED) is 0.262. The van der Waals surface area contributed by atoms with Gasteiger partial charge in [0.25, 0.3) is 0 Å². The van der Waals surface area contributed by atoms with Gasteiger partial charge in [-0.05, 0) is 43.5 Å². The van der Waals surface area contributed by atoms with E-state index in [0.29, 0.717) is 46.1 Å². The maximum atomic E-state index is 15.8. The van der Waals surface area contributed by atoms with Crippen LogP contribution in [0.2, 0.25) is 0 Å². The molecule has 9 nitrogen and oxygen atoms in total. The molecule has 6 rings (SSSR count). The summed E-state index contributed by atoms with van der Waals surface area (Å²) in [5.74, 6) is -1.89. The van der Waals surface area contributed by atoms with Crippen molar-refractivity contribution in [1.82, 2.24) is 29.9 Å². The van der Waals surface area contributed by atoms with E-state index >= 15 is 4.39 Å². The predicted octanol–water partition coefficient (Wildman–Crippen LogP) is 5.16. The van der Waals surface area contributed by atoms with Gasteiger partial charge in [0.15, 0.2) is 0 Å². The number of nitrogens with zero attached hydrogens (tertiary/aromatic N) is 6. The summed E-state index contributed by atoms with van der Waals surface area (Å²) in [6.45, 7) is 7.64. The van der Waals surface area contributed by atoms with Crippen molar-refractivity contribution in [2.75, 3.05) is 13.2 Å². The summed E-state index contributed by atoms with van der Waals surface area (Å²) in [5.41, 5.74) is 4.00. The van der Waals surface area contributed by atoms with Crippen molar-refractivity contribution in [3.63, 3.8) is 0 Å². The zero-order valence-corrected chi connectivity index (χ0v) is 23.7. The van der Waals surface area contributed by atoms with Crippen LogP contribution in [0.4, 0.5) is 8.78 Å². The largest absolute Gasteiger partial charge is 0.490 e. The highest BCUT2D eigenvalue weighted by Crippen LogP contribution is 2.47. The van der Waals surface area contributed by atoms with Gasteiger partial charge in [-0.25, -0.2) is 13.8 Å². The van der Waals surface area contributed by atoms with Gasteiger partial charge < -0.3 is 14.7 Å². The maximum Gasteiger partial charge on any atom is 0.246 e. The van der Waals surface area contributed by atoms with Crippen molar-refractivity contribution < 1.29 is 23.4 Å². The Labute approximate surface area is 243 Å². The lowest BCUT2D eigenvalue weighted by atomic mass is 9.96. The Morgan fingerprint density at radius 3 is 2.83 bits per heavy atom. The Kier molecular flexibility index (Phi) is 7.25. The predicted molar refractivity (Wildman–Crippen MR) is 155 cm³/mol. The summed E-state index contributed by atoms with van der Waals surface area (Å²) in [4.78, 5) is 19.2. The van der Waals surface area contributed by atoms with Crippen LogP contribution >= 0.6 is 11.3 Å². The van der Waals surface area contributed by atoms with E-state index in [-0.39, 0.29) is 36.5 Å². The molecule has 0 saturated heterocycles. The van der Waals surface area contributed by atoms with E-state index in [0.717, 1.165) is 28.8 Å². The van der Waals surface area contributed by atoms with Gasteiger partial charge in [-0.3, -0.25) is 9.48 Å². The van der Waals surface area contributed by atoms with E-state index < -0.39 is 11.6 Å². The molecule has 0 aliphatic carbocycles. The minimum absolute atomic E-state index is 0.0122. The molecule has 5 aromatic rings. The third kappa shape index (κ3) is 4.82. The molecule has 4 aromatic heterocycles. The molecular formula is C30H26F2N6O3S. The molecule has 0 saturated carbocycles. The van der Waals surface area contributed by atoms with Crippen LogP contribution in [0.25, 0.3) is 43.9 Å². The Hall–Kier alpha value is -4.55. The lowest BCUT2D eigenvalue weighted by Gasteiger charge is -2.33. The topological polar surface area (TPSA) is 106 Å². The third-order valence-corrected chi connectivity index (χ3v) is 8.07. The van der Waals surface area contributed by atoms with Crippen LogP contribution in [0.15, 0.2) is 54.6 Å². The molecule has 42 heavy (non-hydrogen) atoms. The molecule has 0 fully saturated rings. The average Bonchev–Trinajstić information content (AvgIpc) is 3.62. The lowest BCUT2D eigenvalue weighted by Crippen LogP contribution is -2.44. The van der Waals surface area contributed by atoms with Crippen LogP contribution in [0.5, 0.6) is 5.75 Å². The van der Waals surface area contributed by atoms with Crippen LogP contribution in [0.3, 0.4) is 0 Å². The number of amides is 1. The number of aliphatic hydroxyl groups is 1. The second kappa shape index (κ2) is 11.0. The van der Waals surface area contributed by atoms with Crippen LogP contribution in [-0.4, -0.2) is 60.1 Å². The minimum Gasteiger partial charge on any atom is -0.490 e. The Bertz CT molecular complexity index is 1850. The van der Waals surface area contributed by atoms with Crippen LogP contribution in [-0.2, 0) is 17.9 Å². The van der Waals surface area contributed by atoms with Gasteiger partial charge in [0, 0.05) is 39.4 Å². The Morgan fingerprint density at radius 1 is 1.24 bits per heavy atom. The van der Waals surface area contributed by atoms with Crippen molar-refractivity contribution in [3.8, 4) is 39.5 Å². The van der Waals surface area contributed by atoms with E-state index in [1.165, 1.54) is 17.4 Å². The molecule has 0 bridgehead atoms. The molecule has 1 aromatic carbocycles. The Morgan fingerprint density at radius 2 is 2.07 bits per heavy atom. The first-order valence-corrected chi connectivity index (χ1v) is 14.1. The molecule has 1 amide bonds. The van der Waals surface area contributed by atoms with Gasteiger partial charge in [-0.15, -0.1) is 11.3 Å². The third-order valence-electron chi connectivity index (χ3n) is 7.14. The number of aliphatic hydroxyl groups excluding tert-OH is 1. The fourth-order valence-electron chi connectivity index (χ4n) is 5.28. The van der Waals surface area contributed by atoms with Crippen LogP contribution in [0.1, 0.15) is 18.3 Å². The van der Waals surface area contributed by atoms with Gasteiger partial charge in [-0.2, -0.15) is 15.3 Å². The summed E-state index contributed by atoms with van der Waals surface area (Å²) in [5, 5.41) is 25.0. The van der Waals surface area contributed by atoms with Gasteiger partial charge >= 0.3 is 0 Å². The maximum absolute atomic E-state index is 15.8. The van der Waals surface area contributed by atoms with Crippen molar-refractivity contribution in [2.24, 2.45) is 0 Å². The SMILES string of the molecule is C=CC(=O)N1Cc2cc(-c3nc(-c4cnnc(C)c4)c4ccsc4c3-c3c(F)cc(F)cc3OCCO)nn2C[C@H]1C. The molecule has 1 atom stereocenters. The lowest BCUT2D eigenvalue weighted by molar-refractivity contribution is -0.129. The smallest absolute Gasteiger partial charge is 0.246 e. The van der Waals surface area contributed by atoms with Crippen molar-refractivity contribution >= 4 is 27.3 Å². The van der Waals surface area contributed by atoms with Crippen LogP contribution in [0, 0.1) is 18.6 Å². The second-order valence-electron chi connectivity index (χ2n) is 9.99. The highest BCUT2D eigenvalue weighted by Gasteiger charge is 2.30. The fourth-order valence-corrected chi connectivity index (χ4v) is 6.22. The van der Waals surface area contributed by atoms with E-state index in [1.807, 2.05) is 42.1 Å². The minimum atomic E-state index is -0.838. The molecule has 1 aliphatic rings. The van der Waals surface area contributed by atoms with E-state index in [9.17, 15) is 14.3 Å². The first kappa shape index (κ1) is 27.6. The highest BCUT2D eigenvalue weighted by atomic mass is 32.1. The number of fused-ring (bicyclic) bond motifs is 2. The monoisotopic (exact) mass is 588 g/mol. The summed E-state index contributed by atoms with van der Waals surface area (Å²) in [6, 6.07) is 7.35. The number of halogens is 2. The normalized spacial score (nSPS) is 14.7. The zero-order valence-electron chi connectivity index (χ0n) is 22.8. The first-order valence-electron chi connectivity index (χ1n) is 13.2. The Balaban J connectivity index is 1.64. The number of hydrogen-bond acceptors (Lipinski definition) is 8. The summed E-state index contributed by atoms with van der Waals surface area (Å²) < 4.78 is 38.3. The first-order chi connectivity index (χ1) is 20.3. The average molecular weight is 589 g/mol. The van der Waals surface area contributed by atoms with Gasteiger partial charge in [0.05, 0.1) is 48.5 Å². The number of rotatable bonds is 7. The molecule has 1 N–H and O–H groups in total. The van der Waals surface area contributed by atoms with Crippen LogP contribution < -0.4 is 4.74 Å². The zero-order chi connectivity index (χ0) is 29.5. The van der Waals surface area contributed by atoms with E-state index in [1.54, 1.807) is 11.1 Å². The molecule has 0 unspecified atom stereocenters. The fraction of sp³-hybridized carbons (Fsp3) is 0.233. The molecule has 0 radical (unpaired) electrons. The molecule has 5 heterocycles. The number of carbonyl (C=O) groups is 1. The van der Waals surface area contributed by atoms with Crippen molar-refractivity contribution in [2.45, 2.75) is 33.0 Å². The van der Waals surface area contributed by atoms with E-state index in [2.05, 4.69) is 16.8 Å². The molecule has 1 aliphatic heterocycles. The number of benzene rings is 1. The number of aromatic nitrogens is 5. The van der Waals surface area contributed by atoms with Gasteiger partial charge in [-0.1, -0.05) is 6.58 Å². The number of hydrogen-bond donors (Lipinski definition) is 1. The molecule has 12 heteroatoms. The molecule has 0 spiro atoms. The van der Waals surface area contributed by atoms with E-state index in [4.69, 9.17) is 14.8 Å².